The third-order valence-corrected chi connectivity index (χ3v) is 8.75. The third kappa shape index (κ3) is 3.40. The first-order chi connectivity index (χ1) is 14.5. The Hall–Kier alpha value is -1.72. The largest absolute Gasteiger partial charge is 0.332 e. The monoisotopic (exact) mass is 414 g/mol. The number of fused-ring (bicyclic) bond motifs is 2. The van der Waals surface area contributed by atoms with Gasteiger partial charge in [-0.3, -0.25) is 19.2 Å². The molecule has 0 bridgehead atoms. The number of amides is 2. The van der Waals surface area contributed by atoms with Gasteiger partial charge in [-0.15, -0.1) is 0 Å². The molecule has 0 aromatic rings. The van der Waals surface area contributed by atoms with Crippen LogP contribution in [-0.4, -0.2) is 58.4 Å². The molecule has 6 heteroatoms. The van der Waals surface area contributed by atoms with Crippen LogP contribution in [0, 0.1) is 23.7 Å². The predicted molar refractivity (Wildman–Crippen MR) is 110 cm³/mol. The average Bonchev–Trinajstić information content (AvgIpc) is 3.16. The van der Waals surface area contributed by atoms with E-state index in [9.17, 15) is 19.2 Å². The van der Waals surface area contributed by atoms with E-state index in [1.807, 2.05) is 9.80 Å². The van der Waals surface area contributed by atoms with Gasteiger partial charge in [0.15, 0.2) is 0 Å². The van der Waals surface area contributed by atoms with Crippen molar-refractivity contribution < 1.29 is 19.2 Å². The molecule has 0 N–H and O–H groups in total. The number of Topliss-reactive ketones (excluding diaryl/α,β-unsaturated/α-hetero) is 2. The summed E-state index contributed by atoms with van der Waals surface area (Å²) in [4.78, 5) is 53.6. The van der Waals surface area contributed by atoms with Crippen molar-refractivity contribution in [3.05, 3.63) is 0 Å². The summed E-state index contributed by atoms with van der Waals surface area (Å²) < 4.78 is 0. The molecule has 6 nitrogen and oxygen atoms in total. The van der Waals surface area contributed by atoms with Gasteiger partial charge in [-0.05, 0) is 63.2 Å². The molecule has 2 amide bonds. The van der Waals surface area contributed by atoms with Crippen LogP contribution in [0.4, 0.5) is 0 Å². The van der Waals surface area contributed by atoms with Gasteiger partial charge in [0, 0.05) is 37.0 Å². The number of rotatable bonds is 4. The summed E-state index contributed by atoms with van der Waals surface area (Å²) in [5.41, 5.74) is 0. The van der Waals surface area contributed by atoms with Crippen molar-refractivity contribution in [2.45, 2.75) is 89.1 Å². The minimum atomic E-state index is -0.237. The molecule has 30 heavy (non-hydrogen) atoms. The maximum atomic E-state index is 12.5. The van der Waals surface area contributed by atoms with Crippen LogP contribution in [0.2, 0.25) is 0 Å². The molecular formula is C24H34N2O4. The Morgan fingerprint density at radius 3 is 1.30 bits per heavy atom. The van der Waals surface area contributed by atoms with Crippen LogP contribution in [0.25, 0.3) is 0 Å². The van der Waals surface area contributed by atoms with Gasteiger partial charge in [0.05, 0.1) is 0 Å². The van der Waals surface area contributed by atoms with Crippen LogP contribution in [0.15, 0.2) is 0 Å². The predicted octanol–water partition coefficient (Wildman–Crippen LogP) is 2.73. The lowest BCUT2D eigenvalue weighted by molar-refractivity contribution is -0.141. The fraction of sp³-hybridized carbons (Fsp3) is 0.833. The number of hydrogen-bond donors (Lipinski definition) is 0. The highest BCUT2D eigenvalue weighted by Gasteiger charge is 2.49. The van der Waals surface area contributed by atoms with Crippen LogP contribution >= 0.6 is 0 Å². The topological polar surface area (TPSA) is 74.8 Å². The van der Waals surface area contributed by atoms with E-state index in [0.717, 1.165) is 90.1 Å². The molecule has 3 aliphatic carbocycles. The van der Waals surface area contributed by atoms with E-state index in [1.165, 1.54) is 0 Å². The number of carbonyl (C=O) groups is 4. The summed E-state index contributed by atoms with van der Waals surface area (Å²) in [6, 6.07) is 0.292. The average molecular weight is 415 g/mol. The fourth-order valence-corrected chi connectivity index (χ4v) is 7.07. The molecular weight excluding hydrogens is 380 g/mol. The zero-order valence-electron chi connectivity index (χ0n) is 17.9. The fourth-order valence-electron chi connectivity index (χ4n) is 7.07. The van der Waals surface area contributed by atoms with E-state index in [1.54, 1.807) is 0 Å². The summed E-state index contributed by atoms with van der Waals surface area (Å²) in [5.74, 6) is 0.0425. The Morgan fingerprint density at radius 2 is 0.900 bits per heavy atom. The SMILES string of the molecule is O=C1C(=O)N(CC2CCC(CN3C(=O)C(=O)C4CCCCC43)CC2)C2CCCCC12. The van der Waals surface area contributed by atoms with Crippen molar-refractivity contribution in [1.82, 2.24) is 9.80 Å². The van der Waals surface area contributed by atoms with Crippen molar-refractivity contribution in [1.29, 1.82) is 0 Å². The van der Waals surface area contributed by atoms with Crippen LogP contribution in [0.5, 0.6) is 0 Å². The van der Waals surface area contributed by atoms with Gasteiger partial charge >= 0.3 is 0 Å². The summed E-state index contributed by atoms with van der Waals surface area (Å²) in [6.45, 7) is 1.45. The molecule has 3 saturated carbocycles. The van der Waals surface area contributed by atoms with Crippen LogP contribution in [0.3, 0.4) is 0 Å². The van der Waals surface area contributed by atoms with Gasteiger partial charge in [0.1, 0.15) is 0 Å². The standard InChI is InChI=1S/C24H34N2O4/c27-21-17-5-1-3-7-19(17)25(23(21)29)13-15-9-11-16(12-10-15)14-26-20-8-4-2-6-18(20)22(28)24(26)30/h15-20H,1-14H2. The second-order valence-corrected chi connectivity index (χ2v) is 10.4. The first kappa shape index (κ1) is 20.2. The van der Waals surface area contributed by atoms with E-state index in [2.05, 4.69) is 0 Å². The Morgan fingerprint density at radius 1 is 0.533 bits per heavy atom. The van der Waals surface area contributed by atoms with Gasteiger partial charge < -0.3 is 9.80 Å². The Bertz CT molecular complexity index is 679. The lowest BCUT2D eigenvalue weighted by Gasteiger charge is -2.37. The zero-order valence-corrected chi connectivity index (χ0v) is 17.9. The quantitative estimate of drug-likeness (QED) is 0.663. The van der Waals surface area contributed by atoms with Gasteiger partial charge in [0.2, 0.25) is 11.6 Å². The van der Waals surface area contributed by atoms with Crippen molar-refractivity contribution >= 4 is 23.4 Å². The van der Waals surface area contributed by atoms with Crippen LogP contribution in [-0.2, 0) is 19.2 Å². The highest BCUT2D eigenvalue weighted by Crippen LogP contribution is 2.39. The van der Waals surface area contributed by atoms with E-state index < -0.39 is 0 Å². The first-order valence-electron chi connectivity index (χ1n) is 12.2. The number of likely N-dealkylation sites (tertiary alicyclic amines) is 2. The lowest BCUT2D eigenvalue weighted by Crippen LogP contribution is -2.42. The summed E-state index contributed by atoms with van der Waals surface area (Å²) in [5, 5.41) is 0. The second kappa shape index (κ2) is 8.08. The number of hydrogen-bond acceptors (Lipinski definition) is 4. The Balaban J connectivity index is 1.15. The van der Waals surface area contributed by atoms with Crippen molar-refractivity contribution in [2.24, 2.45) is 23.7 Å². The molecule has 5 fully saturated rings. The normalized spacial score (nSPS) is 39.5. The summed E-state index contributed by atoms with van der Waals surface area (Å²) in [7, 11) is 0. The molecule has 2 saturated heterocycles. The minimum absolute atomic E-state index is 0.0512. The van der Waals surface area contributed by atoms with E-state index in [0.29, 0.717) is 11.8 Å². The number of ketones is 2. The van der Waals surface area contributed by atoms with Crippen molar-refractivity contribution in [3.63, 3.8) is 0 Å². The molecule has 0 radical (unpaired) electrons. The van der Waals surface area contributed by atoms with Gasteiger partial charge in [-0.2, -0.15) is 0 Å². The van der Waals surface area contributed by atoms with E-state index in [-0.39, 0.29) is 47.3 Å². The number of nitrogens with zero attached hydrogens (tertiary/aromatic N) is 2. The second-order valence-electron chi connectivity index (χ2n) is 10.4. The number of carbonyl (C=O) groups excluding carboxylic acids is 4. The first-order valence-corrected chi connectivity index (χ1v) is 12.2. The maximum absolute atomic E-state index is 12.5. The van der Waals surface area contributed by atoms with Crippen LogP contribution < -0.4 is 0 Å². The van der Waals surface area contributed by atoms with Crippen molar-refractivity contribution in [3.8, 4) is 0 Å². The maximum Gasteiger partial charge on any atom is 0.290 e. The molecule has 2 aliphatic heterocycles. The summed E-state index contributed by atoms with van der Waals surface area (Å²) >= 11 is 0. The molecule has 4 atom stereocenters. The zero-order chi connectivity index (χ0) is 20.8. The molecule has 2 heterocycles. The lowest BCUT2D eigenvalue weighted by atomic mass is 9.80. The molecule has 4 unspecified atom stereocenters. The molecule has 164 valence electrons. The Labute approximate surface area is 178 Å². The molecule has 0 spiro atoms. The smallest absolute Gasteiger partial charge is 0.290 e. The summed E-state index contributed by atoms with van der Waals surface area (Å²) in [6.07, 6.45) is 12.3. The highest BCUT2D eigenvalue weighted by atomic mass is 16.2. The van der Waals surface area contributed by atoms with E-state index in [4.69, 9.17) is 0 Å². The van der Waals surface area contributed by atoms with Crippen LogP contribution in [0.1, 0.15) is 77.0 Å². The molecule has 5 aliphatic rings. The molecule has 0 aromatic carbocycles. The van der Waals surface area contributed by atoms with Gasteiger partial charge in [-0.25, -0.2) is 0 Å². The molecule has 5 rings (SSSR count). The third-order valence-electron chi connectivity index (χ3n) is 8.75. The van der Waals surface area contributed by atoms with Gasteiger partial charge in [-0.1, -0.05) is 25.7 Å². The molecule has 0 aromatic heterocycles. The van der Waals surface area contributed by atoms with E-state index >= 15 is 0 Å². The Kier molecular flexibility index (Phi) is 5.44. The van der Waals surface area contributed by atoms with Gasteiger partial charge in [0.25, 0.3) is 11.8 Å². The van der Waals surface area contributed by atoms with Crippen molar-refractivity contribution in [2.75, 3.05) is 13.1 Å². The highest BCUT2D eigenvalue weighted by molar-refractivity contribution is 6.39. The minimum Gasteiger partial charge on any atom is -0.332 e.